The highest BCUT2D eigenvalue weighted by atomic mass is 19.1. The number of rotatable bonds is 4. The van der Waals surface area contributed by atoms with Crippen molar-refractivity contribution in [3.05, 3.63) is 47.5 Å². The van der Waals surface area contributed by atoms with E-state index in [0.717, 1.165) is 12.0 Å². The number of hydrogen-bond donors (Lipinski definition) is 1. The van der Waals surface area contributed by atoms with E-state index in [1.54, 1.807) is 11.0 Å². The van der Waals surface area contributed by atoms with Crippen LogP contribution in [-0.4, -0.2) is 43.4 Å². The van der Waals surface area contributed by atoms with Crippen molar-refractivity contribution in [1.29, 1.82) is 0 Å². The van der Waals surface area contributed by atoms with Gasteiger partial charge in [0.25, 0.3) is 0 Å². The normalized spacial score (nSPS) is 20.3. The van der Waals surface area contributed by atoms with Crippen molar-refractivity contribution in [2.24, 2.45) is 5.92 Å². The highest BCUT2D eigenvalue weighted by Crippen LogP contribution is 2.35. The number of aromatic carboxylic acids is 1. The van der Waals surface area contributed by atoms with Crippen molar-refractivity contribution in [1.82, 2.24) is 19.9 Å². The summed E-state index contributed by atoms with van der Waals surface area (Å²) in [6.45, 7) is 2.51. The van der Waals surface area contributed by atoms with E-state index in [1.165, 1.54) is 23.0 Å². The first-order chi connectivity index (χ1) is 11.4. The van der Waals surface area contributed by atoms with E-state index in [-0.39, 0.29) is 30.0 Å². The maximum Gasteiger partial charge on any atom is 0.358 e. The number of halogens is 1. The molecular weight excluding hydrogens is 315 g/mol. The summed E-state index contributed by atoms with van der Waals surface area (Å²) in [5.74, 6) is -1.43. The lowest BCUT2D eigenvalue weighted by Gasteiger charge is -2.25. The molecule has 126 valence electrons. The number of likely N-dealkylation sites (tertiary alicyclic amines) is 1. The fourth-order valence-electron chi connectivity index (χ4n) is 3.05. The Balaban J connectivity index is 1.77. The van der Waals surface area contributed by atoms with Gasteiger partial charge in [0, 0.05) is 6.54 Å². The Bertz CT molecular complexity index is 776. The Morgan fingerprint density at radius 3 is 2.88 bits per heavy atom. The number of aromatic nitrogens is 3. The lowest BCUT2D eigenvalue weighted by Crippen LogP contribution is -2.34. The van der Waals surface area contributed by atoms with E-state index in [1.807, 2.05) is 13.0 Å². The van der Waals surface area contributed by atoms with E-state index in [9.17, 15) is 14.0 Å². The zero-order valence-corrected chi connectivity index (χ0v) is 13.1. The molecule has 24 heavy (non-hydrogen) atoms. The first kappa shape index (κ1) is 16.1. The van der Waals surface area contributed by atoms with Gasteiger partial charge in [-0.2, -0.15) is 0 Å². The van der Waals surface area contributed by atoms with Gasteiger partial charge in [0.1, 0.15) is 12.4 Å². The molecule has 1 N–H and O–H groups in total. The van der Waals surface area contributed by atoms with Gasteiger partial charge in [-0.1, -0.05) is 24.3 Å². The monoisotopic (exact) mass is 332 g/mol. The molecule has 0 bridgehead atoms. The molecule has 1 saturated heterocycles. The third kappa shape index (κ3) is 3.27. The number of hydrogen-bond acceptors (Lipinski definition) is 4. The van der Waals surface area contributed by atoms with Gasteiger partial charge in [0.2, 0.25) is 5.91 Å². The average molecular weight is 332 g/mol. The van der Waals surface area contributed by atoms with Gasteiger partial charge in [0.05, 0.1) is 12.2 Å². The molecule has 2 aromatic rings. The fraction of sp³-hybridized carbons (Fsp3) is 0.375. The molecule has 1 aromatic carbocycles. The van der Waals surface area contributed by atoms with Crippen molar-refractivity contribution in [2.75, 3.05) is 6.54 Å². The van der Waals surface area contributed by atoms with Crippen LogP contribution in [-0.2, 0) is 11.3 Å². The summed E-state index contributed by atoms with van der Waals surface area (Å²) in [6.07, 6.45) is 1.98. The third-order valence-corrected chi connectivity index (χ3v) is 4.12. The van der Waals surface area contributed by atoms with Gasteiger partial charge < -0.3 is 10.0 Å². The fourth-order valence-corrected chi connectivity index (χ4v) is 3.05. The largest absolute Gasteiger partial charge is 0.476 e. The van der Waals surface area contributed by atoms with E-state index < -0.39 is 5.97 Å². The molecule has 2 atom stereocenters. The number of benzene rings is 1. The zero-order valence-electron chi connectivity index (χ0n) is 13.1. The summed E-state index contributed by atoms with van der Waals surface area (Å²) in [5, 5.41) is 16.0. The predicted octanol–water partition coefficient (Wildman–Crippen LogP) is 1.73. The minimum absolute atomic E-state index is 0.0984. The van der Waals surface area contributed by atoms with Crippen LogP contribution in [0.15, 0.2) is 30.5 Å². The van der Waals surface area contributed by atoms with Crippen LogP contribution in [0.1, 0.15) is 35.4 Å². The van der Waals surface area contributed by atoms with Gasteiger partial charge in [-0.3, -0.25) is 4.79 Å². The standard InChI is InChI=1S/C16H17FN4O3/c1-10-5-14(11-3-2-4-12(17)6-11)21(7-10)15(22)9-20-8-13(16(23)24)18-19-20/h2-4,6,8,10,14H,5,7,9H2,1H3,(H,23,24)/t10-,14+/m0/s1. The zero-order chi connectivity index (χ0) is 17.3. The number of carboxylic acids is 1. The van der Waals surface area contributed by atoms with Crippen molar-refractivity contribution < 1.29 is 19.1 Å². The number of amides is 1. The minimum atomic E-state index is -1.19. The van der Waals surface area contributed by atoms with Crippen LogP contribution in [0.25, 0.3) is 0 Å². The maximum absolute atomic E-state index is 13.5. The van der Waals surface area contributed by atoms with Gasteiger partial charge in [0.15, 0.2) is 5.69 Å². The Hall–Kier alpha value is -2.77. The molecule has 7 nitrogen and oxygen atoms in total. The highest BCUT2D eigenvalue weighted by molar-refractivity contribution is 5.84. The van der Waals surface area contributed by atoms with E-state index >= 15 is 0 Å². The molecule has 0 saturated carbocycles. The summed E-state index contributed by atoms with van der Waals surface area (Å²) < 4.78 is 14.7. The molecule has 0 radical (unpaired) electrons. The third-order valence-electron chi connectivity index (χ3n) is 4.12. The second-order valence-electron chi connectivity index (χ2n) is 6.06. The van der Waals surface area contributed by atoms with Crippen LogP contribution >= 0.6 is 0 Å². The minimum Gasteiger partial charge on any atom is -0.476 e. The predicted molar refractivity (Wildman–Crippen MR) is 81.6 cm³/mol. The molecule has 0 aliphatic carbocycles. The summed E-state index contributed by atoms with van der Waals surface area (Å²) in [5.41, 5.74) is 0.553. The summed E-state index contributed by atoms with van der Waals surface area (Å²) in [4.78, 5) is 25.1. The van der Waals surface area contributed by atoms with Crippen LogP contribution < -0.4 is 0 Å². The smallest absolute Gasteiger partial charge is 0.358 e. The molecule has 0 spiro atoms. The topological polar surface area (TPSA) is 88.3 Å². The molecule has 0 unspecified atom stereocenters. The molecule has 1 aromatic heterocycles. The summed E-state index contributed by atoms with van der Waals surface area (Å²) >= 11 is 0. The Labute approximate surface area is 137 Å². The van der Waals surface area contributed by atoms with Crippen molar-refractivity contribution in [2.45, 2.75) is 25.9 Å². The van der Waals surface area contributed by atoms with Crippen LogP contribution in [0.5, 0.6) is 0 Å². The summed E-state index contributed by atoms with van der Waals surface area (Å²) in [7, 11) is 0. The van der Waals surface area contributed by atoms with Gasteiger partial charge in [-0.25, -0.2) is 13.9 Å². The maximum atomic E-state index is 13.5. The van der Waals surface area contributed by atoms with Gasteiger partial charge in [-0.05, 0) is 30.0 Å². The quantitative estimate of drug-likeness (QED) is 0.921. The van der Waals surface area contributed by atoms with Crippen LogP contribution in [0.2, 0.25) is 0 Å². The molecule has 1 amide bonds. The Morgan fingerprint density at radius 1 is 1.42 bits per heavy atom. The van der Waals surface area contributed by atoms with Crippen molar-refractivity contribution >= 4 is 11.9 Å². The van der Waals surface area contributed by atoms with E-state index in [4.69, 9.17) is 5.11 Å². The molecule has 1 fully saturated rings. The molecule has 3 rings (SSSR count). The lowest BCUT2D eigenvalue weighted by atomic mass is 10.0. The van der Waals surface area contributed by atoms with E-state index in [0.29, 0.717) is 12.5 Å². The molecular formula is C16H17FN4O3. The molecule has 8 heteroatoms. The Morgan fingerprint density at radius 2 is 2.21 bits per heavy atom. The van der Waals surface area contributed by atoms with E-state index in [2.05, 4.69) is 10.3 Å². The second kappa shape index (κ2) is 6.38. The van der Waals surface area contributed by atoms with Crippen molar-refractivity contribution in [3.63, 3.8) is 0 Å². The molecule has 1 aliphatic rings. The van der Waals surface area contributed by atoms with Crippen molar-refractivity contribution in [3.8, 4) is 0 Å². The highest BCUT2D eigenvalue weighted by Gasteiger charge is 2.34. The number of carbonyl (C=O) groups is 2. The second-order valence-corrected chi connectivity index (χ2v) is 6.06. The first-order valence-corrected chi connectivity index (χ1v) is 7.62. The average Bonchev–Trinajstić information content (AvgIpc) is 3.14. The molecule has 2 heterocycles. The van der Waals surface area contributed by atoms with Gasteiger partial charge >= 0.3 is 5.97 Å². The first-order valence-electron chi connectivity index (χ1n) is 7.62. The van der Waals surface area contributed by atoms with Gasteiger partial charge in [-0.15, -0.1) is 5.10 Å². The number of carbonyl (C=O) groups excluding carboxylic acids is 1. The number of nitrogens with zero attached hydrogens (tertiary/aromatic N) is 4. The van der Waals surface area contributed by atoms with Crippen LogP contribution in [0.3, 0.4) is 0 Å². The Kier molecular flexibility index (Phi) is 4.28. The number of carboxylic acid groups (broad SMARTS) is 1. The SMILES string of the molecule is C[C@H]1C[C@H](c2cccc(F)c2)N(C(=O)Cn2cc(C(=O)O)nn2)C1. The molecule has 1 aliphatic heterocycles. The van der Waals surface area contributed by atoms with Crippen LogP contribution in [0.4, 0.5) is 4.39 Å². The van der Waals surface area contributed by atoms with Crippen LogP contribution in [0, 0.1) is 11.7 Å². The summed E-state index contributed by atoms with van der Waals surface area (Å²) in [6, 6.07) is 6.07. The lowest BCUT2D eigenvalue weighted by molar-refractivity contribution is -0.133.